The molecule has 0 spiro atoms. The molecule has 1 radical (unpaired) electrons. The van der Waals surface area contributed by atoms with Gasteiger partial charge in [0.2, 0.25) is 0 Å². The second-order valence-electron chi connectivity index (χ2n) is 3.41. The minimum atomic E-state index is -0.189. The molecule has 0 aromatic heterocycles. The molecule has 15 heavy (non-hydrogen) atoms. The highest BCUT2D eigenvalue weighted by molar-refractivity contribution is 6.23. The van der Waals surface area contributed by atoms with E-state index in [4.69, 9.17) is 0 Å². The quantitative estimate of drug-likeness (QED) is 0.570. The van der Waals surface area contributed by atoms with Gasteiger partial charge in [-0.15, -0.1) is 0 Å². The Hall–Kier alpha value is -1.52. The summed E-state index contributed by atoms with van der Waals surface area (Å²) in [5, 5.41) is 2.92. The summed E-state index contributed by atoms with van der Waals surface area (Å²) in [6.07, 6.45) is 0. The molecule has 0 fully saturated rings. The van der Waals surface area contributed by atoms with Crippen molar-refractivity contribution in [2.45, 2.75) is 0 Å². The number of nitrogens with zero attached hydrogens (tertiary/aromatic N) is 1. The molecule has 4 heteroatoms. The SMILES string of the molecule is CNCC[N+]1C(=O)c2ccccc2C1=O. The molecule has 0 saturated carbocycles. The monoisotopic (exact) mass is 204 g/mol. The van der Waals surface area contributed by atoms with E-state index in [1.165, 1.54) is 4.90 Å². The summed E-state index contributed by atoms with van der Waals surface area (Å²) in [5.74, 6) is -0.378. The molecule has 0 bridgehead atoms. The zero-order valence-corrected chi connectivity index (χ0v) is 8.49. The molecule has 0 atom stereocenters. The fourth-order valence-electron chi connectivity index (χ4n) is 1.67. The van der Waals surface area contributed by atoms with Crippen LogP contribution in [0.1, 0.15) is 20.7 Å². The molecule has 1 aliphatic heterocycles. The number of hydrogen-bond acceptors (Lipinski definition) is 3. The largest absolute Gasteiger partial charge is 0.402 e. The maximum Gasteiger partial charge on any atom is 0.402 e. The molecule has 1 heterocycles. The number of carbonyl (C=O) groups is 2. The van der Waals surface area contributed by atoms with Gasteiger partial charge in [0.15, 0.2) is 6.54 Å². The van der Waals surface area contributed by atoms with Crippen LogP contribution in [0.3, 0.4) is 0 Å². The third-order valence-electron chi connectivity index (χ3n) is 2.46. The highest BCUT2D eigenvalue weighted by Crippen LogP contribution is 2.19. The molecule has 0 aliphatic carbocycles. The Morgan fingerprint density at radius 1 is 1.13 bits per heavy atom. The lowest BCUT2D eigenvalue weighted by atomic mass is 10.1. The van der Waals surface area contributed by atoms with Crippen LogP contribution >= 0.6 is 0 Å². The smallest absolute Gasteiger partial charge is 0.314 e. The number of rotatable bonds is 3. The van der Waals surface area contributed by atoms with E-state index in [1.54, 1.807) is 31.3 Å². The van der Waals surface area contributed by atoms with Crippen molar-refractivity contribution >= 4 is 11.8 Å². The number of likely N-dealkylation sites (N-methyl/N-ethyl adjacent to an activating group) is 1. The van der Waals surface area contributed by atoms with Crippen LogP contribution in [-0.4, -0.2) is 32.0 Å². The molecule has 2 amide bonds. The van der Waals surface area contributed by atoms with Crippen LogP contribution < -0.4 is 10.2 Å². The van der Waals surface area contributed by atoms with Gasteiger partial charge < -0.3 is 5.32 Å². The van der Waals surface area contributed by atoms with E-state index in [9.17, 15) is 9.59 Å². The van der Waals surface area contributed by atoms with Gasteiger partial charge in [0.25, 0.3) is 0 Å². The van der Waals surface area contributed by atoms with Crippen molar-refractivity contribution in [3.05, 3.63) is 35.4 Å². The maximum absolute atomic E-state index is 11.8. The highest BCUT2D eigenvalue weighted by Gasteiger charge is 2.46. The van der Waals surface area contributed by atoms with Crippen LogP contribution in [0.5, 0.6) is 0 Å². The van der Waals surface area contributed by atoms with Crippen molar-refractivity contribution in [3.8, 4) is 0 Å². The highest BCUT2D eigenvalue weighted by atomic mass is 16.2. The molecule has 1 aromatic carbocycles. The first-order valence-electron chi connectivity index (χ1n) is 4.85. The molecule has 0 saturated heterocycles. The Kier molecular flexibility index (Phi) is 2.62. The third-order valence-corrected chi connectivity index (χ3v) is 2.46. The molecule has 1 aliphatic rings. The molecular formula is C11H12N2O2+. The Labute approximate surface area is 87.9 Å². The second-order valence-corrected chi connectivity index (χ2v) is 3.41. The summed E-state index contributed by atoms with van der Waals surface area (Å²) in [6.45, 7) is 1.04. The van der Waals surface area contributed by atoms with E-state index in [0.29, 0.717) is 24.2 Å². The molecular weight excluding hydrogens is 192 g/mol. The van der Waals surface area contributed by atoms with Gasteiger partial charge in [-0.2, -0.15) is 0 Å². The van der Waals surface area contributed by atoms with E-state index in [1.807, 2.05) is 0 Å². The summed E-state index contributed by atoms with van der Waals surface area (Å²) < 4.78 is 0. The number of amides is 2. The summed E-state index contributed by atoms with van der Waals surface area (Å²) in [5.41, 5.74) is 1.03. The molecule has 2 rings (SSSR count). The summed E-state index contributed by atoms with van der Waals surface area (Å²) >= 11 is 0. The minimum absolute atomic E-state index is 0.189. The topological polar surface area (TPSA) is 52.1 Å². The first kappa shape index (κ1) is 10.0. The Balaban J connectivity index is 2.29. The van der Waals surface area contributed by atoms with E-state index in [-0.39, 0.29) is 11.8 Å². The van der Waals surface area contributed by atoms with Crippen molar-refractivity contribution in [1.29, 1.82) is 0 Å². The summed E-state index contributed by atoms with van der Waals surface area (Å²) in [4.78, 5) is 24.9. The third kappa shape index (κ3) is 1.58. The van der Waals surface area contributed by atoms with E-state index in [0.717, 1.165) is 0 Å². The number of fused-ring (bicyclic) bond motifs is 1. The number of imide groups is 1. The van der Waals surface area contributed by atoms with Crippen molar-refractivity contribution < 1.29 is 9.59 Å². The lowest BCUT2D eigenvalue weighted by Gasteiger charge is -1.98. The Bertz CT molecular complexity index is 380. The molecule has 1 N–H and O–H groups in total. The zero-order valence-electron chi connectivity index (χ0n) is 8.49. The van der Waals surface area contributed by atoms with Gasteiger partial charge in [0.1, 0.15) is 11.1 Å². The molecule has 4 nitrogen and oxygen atoms in total. The van der Waals surface area contributed by atoms with Crippen LogP contribution in [0.25, 0.3) is 0 Å². The van der Waals surface area contributed by atoms with Gasteiger partial charge in [-0.25, -0.2) is 9.59 Å². The van der Waals surface area contributed by atoms with E-state index in [2.05, 4.69) is 5.32 Å². The van der Waals surface area contributed by atoms with Crippen molar-refractivity contribution in [1.82, 2.24) is 10.2 Å². The normalized spacial score (nSPS) is 15.8. The van der Waals surface area contributed by atoms with Crippen molar-refractivity contribution in [2.24, 2.45) is 0 Å². The number of benzene rings is 1. The van der Waals surface area contributed by atoms with Gasteiger partial charge in [-0.05, 0) is 24.1 Å². The van der Waals surface area contributed by atoms with Gasteiger partial charge in [-0.1, -0.05) is 12.1 Å². The number of nitrogens with one attached hydrogen (secondary N) is 1. The molecule has 1 aromatic rings. The fourth-order valence-corrected chi connectivity index (χ4v) is 1.67. The summed E-state index contributed by atoms with van der Waals surface area (Å²) in [7, 11) is 1.79. The van der Waals surface area contributed by atoms with Gasteiger partial charge in [0, 0.05) is 0 Å². The first-order valence-corrected chi connectivity index (χ1v) is 4.85. The van der Waals surface area contributed by atoms with E-state index < -0.39 is 0 Å². The van der Waals surface area contributed by atoms with Gasteiger partial charge >= 0.3 is 11.8 Å². The maximum atomic E-state index is 11.8. The zero-order chi connectivity index (χ0) is 10.8. The second kappa shape index (κ2) is 3.92. The average Bonchev–Trinajstić information content (AvgIpc) is 2.51. The van der Waals surface area contributed by atoms with E-state index >= 15 is 0 Å². The standard InChI is InChI=1S/C11H12N2O2/c1-12-6-7-13-10(14)8-4-2-3-5-9(8)11(13)15/h2-5,12H,6-7H2,1H3/q+1. The minimum Gasteiger partial charge on any atom is -0.314 e. The fraction of sp³-hybridized carbons (Fsp3) is 0.273. The number of carbonyl (C=O) groups excluding carboxylic acids is 2. The Morgan fingerprint density at radius 3 is 2.13 bits per heavy atom. The van der Waals surface area contributed by atoms with Crippen molar-refractivity contribution in [2.75, 3.05) is 20.1 Å². The average molecular weight is 204 g/mol. The lowest BCUT2D eigenvalue weighted by Crippen LogP contribution is -2.40. The first-order chi connectivity index (χ1) is 7.25. The van der Waals surface area contributed by atoms with Gasteiger partial charge in [0.05, 0.1) is 6.54 Å². The molecule has 0 unspecified atom stereocenters. The number of hydrogen-bond donors (Lipinski definition) is 1. The van der Waals surface area contributed by atoms with Crippen LogP contribution in [0.2, 0.25) is 0 Å². The predicted molar refractivity (Wildman–Crippen MR) is 56.0 cm³/mol. The van der Waals surface area contributed by atoms with Crippen LogP contribution in [0, 0.1) is 0 Å². The van der Waals surface area contributed by atoms with Crippen LogP contribution in [0.4, 0.5) is 0 Å². The molecule has 77 valence electrons. The van der Waals surface area contributed by atoms with Crippen LogP contribution in [-0.2, 0) is 0 Å². The Morgan fingerprint density at radius 2 is 1.67 bits per heavy atom. The predicted octanol–water partition coefficient (Wildman–Crippen LogP) is 0.340. The lowest BCUT2D eigenvalue weighted by molar-refractivity contribution is 0.0771. The summed E-state index contributed by atoms with van der Waals surface area (Å²) in [6, 6.07) is 6.92. The van der Waals surface area contributed by atoms with Crippen LogP contribution in [0.15, 0.2) is 24.3 Å². The van der Waals surface area contributed by atoms with Crippen molar-refractivity contribution in [3.63, 3.8) is 0 Å². The van der Waals surface area contributed by atoms with Gasteiger partial charge in [-0.3, -0.25) is 0 Å².